The quantitative estimate of drug-likeness (QED) is 0.166. The van der Waals surface area contributed by atoms with Crippen LogP contribution in [-0.2, 0) is 19.6 Å². The van der Waals surface area contributed by atoms with Crippen LogP contribution in [0.1, 0.15) is 31.7 Å². The summed E-state index contributed by atoms with van der Waals surface area (Å²) >= 11 is 0. The molecule has 184 valence electrons. The van der Waals surface area contributed by atoms with E-state index in [0.717, 1.165) is 54.1 Å². The highest BCUT2D eigenvalue weighted by Crippen LogP contribution is 2.44. The Morgan fingerprint density at radius 1 is 0.833 bits per heavy atom. The highest BCUT2D eigenvalue weighted by molar-refractivity contribution is 6.09. The summed E-state index contributed by atoms with van der Waals surface area (Å²) in [5.74, 6) is 0.335. The Morgan fingerprint density at radius 2 is 1.58 bits per heavy atom. The van der Waals surface area contributed by atoms with Gasteiger partial charge in [0.25, 0.3) is 0 Å². The second-order valence-corrected chi connectivity index (χ2v) is 9.47. The molecule has 0 aliphatic rings. The van der Waals surface area contributed by atoms with Gasteiger partial charge in [0.05, 0.1) is 13.1 Å². The predicted octanol–water partition coefficient (Wildman–Crippen LogP) is 6.14. The van der Waals surface area contributed by atoms with Crippen molar-refractivity contribution in [2.24, 2.45) is 0 Å². The molecule has 0 atom stereocenters. The SMILES string of the molecule is CCCCn1cc[n+](CCCNCc2ccc3c(-c4c(O)ccc5ccccc45)c(O)ccc3c2)c1. The zero-order valence-electron chi connectivity index (χ0n) is 20.8. The van der Waals surface area contributed by atoms with Crippen LogP contribution in [0.25, 0.3) is 32.7 Å². The second kappa shape index (κ2) is 10.8. The van der Waals surface area contributed by atoms with Crippen molar-refractivity contribution >= 4 is 21.5 Å². The fraction of sp³-hybridized carbons (Fsp3) is 0.258. The highest BCUT2D eigenvalue weighted by Gasteiger charge is 2.16. The monoisotopic (exact) mass is 480 g/mol. The first-order valence-electron chi connectivity index (χ1n) is 12.9. The van der Waals surface area contributed by atoms with Crippen molar-refractivity contribution in [3.05, 3.63) is 91.0 Å². The lowest BCUT2D eigenvalue weighted by Gasteiger charge is -2.15. The lowest BCUT2D eigenvalue weighted by atomic mass is 9.91. The average molecular weight is 481 g/mol. The number of nitrogens with one attached hydrogen (secondary N) is 1. The molecule has 0 aliphatic carbocycles. The maximum Gasteiger partial charge on any atom is 0.243 e. The summed E-state index contributed by atoms with van der Waals surface area (Å²) in [6, 6.07) is 21.5. The molecule has 0 spiro atoms. The molecule has 4 aromatic carbocycles. The standard InChI is InChI=1S/C31H33N3O2/c1-2-3-16-33-18-19-34(22-33)17-6-15-32-21-23-9-12-27-25(20-23)11-14-29(36)31(27)30-26-8-5-4-7-24(26)10-13-28(30)35/h4-5,7-14,18-20,22,32H,2-3,6,15-17,21H2,1H3,(H-,35,36)/p+1. The van der Waals surface area contributed by atoms with Gasteiger partial charge in [-0.05, 0) is 64.7 Å². The van der Waals surface area contributed by atoms with Crippen molar-refractivity contribution in [1.29, 1.82) is 0 Å². The number of hydrogen-bond acceptors (Lipinski definition) is 3. The van der Waals surface area contributed by atoms with E-state index in [4.69, 9.17) is 0 Å². The van der Waals surface area contributed by atoms with Crippen LogP contribution in [0.2, 0.25) is 0 Å². The van der Waals surface area contributed by atoms with Crippen LogP contribution in [0, 0.1) is 0 Å². The third-order valence-corrected chi connectivity index (χ3v) is 6.83. The number of benzene rings is 4. The zero-order chi connectivity index (χ0) is 24.9. The molecule has 0 saturated carbocycles. The van der Waals surface area contributed by atoms with Gasteiger partial charge < -0.3 is 15.5 Å². The van der Waals surface area contributed by atoms with E-state index in [0.29, 0.717) is 11.1 Å². The van der Waals surface area contributed by atoms with E-state index < -0.39 is 0 Å². The number of phenols is 2. The summed E-state index contributed by atoms with van der Waals surface area (Å²) < 4.78 is 4.51. The minimum Gasteiger partial charge on any atom is -0.507 e. The molecule has 0 bridgehead atoms. The molecule has 0 amide bonds. The van der Waals surface area contributed by atoms with Gasteiger partial charge in [-0.15, -0.1) is 0 Å². The van der Waals surface area contributed by atoms with E-state index in [-0.39, 0.29) is 11.5 Å². The van der Waals surface area contributed by atoms with E-state index in [9.17, 15) is 10.2 Å². The molecule has 5 nitrogen and oxygen atoms in total. The minimum atomic E-state index is 0.167. The van der Waals surface area contributed by atoms with Gasteiger partial charge in [0.1, 0.15) is 23.9 Å². The fourth-order valence-corrected chi connectivity index (χ4v) is 4.93. The van der Waals surface area contributed by atoms with Gasteiger partial charge in [-0.2, -0.15) is 0 Å². The van der Waals surface area contributed by atoms with Crippen molar-refractivity contribution < 1.29 is 14.8 Å². The van der Waals surface area contributed by atoms with Crippen molar-refractivity contribution in [2.45, 2.75) is 45.8 Å². The van der Waals surface area contributed by atoms with Crippen LogP contribution in [0.15, 0.2) is 85.5 Å². The second-order valence-electron chi connectivity index (χ2n) is 9.47. The van der Waals surface area contributed by atoms with Crippen molar-refractivity contribution in [2.75, 3.05) is 6.54 Å². The Hall–Kier alpha value is -3.83. The molecule has 5 rings (SSSR count). The zero-order valence-corrected chi connectivity index (χ0v) is 20.8. The normalized spacial score (nSPS) is 11.5. The molecule has 5 heteroatoms. The Morgan fingerprint density at radius 3 is 2.39 bits per heavy atom. The number of fused-ring (bicyclic) bond motifs is 2. The largest absolute Gasteiger partial charge is 0.507 e. The third kappa shape index (κ3) is 5.07. The van der Waals surface area contributed by atoms with E-state index in [1.54, 1.807) is 12.1 Å². The van der Waals surface area contributed by atoms with E-state index >= 15 is 0 Å². The number of aryl methyl sites for hydroxylation is 2. The number of aromatic hydroxyl groups is 2. The smallest absolute Gasteiger partial charge is 0.243 e. The molecule has 0 fully saturated rings. The number of unbranched alkanes of at least 4 members (excludes halogenated alkanes) is 1. The van der Waals surface area contributed by atoms with Gasteiger partial charge in [0.2, 0.25) is 6.33 Å². The highest BCUT2D eigenvalue weighted by atomic mass is 16.3. The van der Waals surface area contributed by atoms with E-state index in [1.165, 1.54) is 18.4 Å². The van der Waals surface area contributed by atoms with Crippen molar-refractivity contribution in [3.8, 4) is 22.6 Å². The van der Waals surface area contributed by atoms with Crippen molar-refractivity contribution in [3.63, 3.8) is 0 Å². The molecule has 0 unspecified atom stereocenters. The van der Waals surface area contributed by atoms with Crippen LogP contribution in [0.4, 0.5) is 0 Å². The summed E-state index contributed by atoms with van der Waals surface area (Å²) in [6.45, 7) is 6.03. The van der Waals surface area contributed by atoms with Gasteiger partial charge >= 0.3 is 0 Å². The Labute approximate surface area is 212 Å². The number of phenolic OH excluding ortho intramolecular Hbond substituents is 2. The van der Waals surface area contributed by atoms with Crippen LogP contribution in [0.5, 0.6) is 11.5 Å². The lowest BCUT2D eigenvalue weighted by Crippen LogP contribution is -2.33. The average Bonchev–Trinajstić information content (AvgIpc) is 3.35. The van der Waals surface area contributed by atoms with Gasteiger partial charge in [0.15, 0.2) is 0 Å². The first kappa shape index (κ1) is 23.9. The molecule has 0 radical (unpaired) electrons. The van der Waals surface area contributed by atoms with Gasteiger partial charge in [-0.3, -0.25) is 0 Å². The minimum absolute atomic E-state index is 0.167. The van der Waals surface area contributed by atoms with Crippen LogP contribution >= 0.6 is 0 Å². The molecule has 36 heavy (non-hydrogen) atoms. The molecular formula is C31H34N3O2+. The summed E-state index contributed by atoms with van der Waals surface area (Å²) in [6.07, 6.45) is 9.99. The fourth-order valence-electron chi connectivity index (χ4n) is 4.93. The molecule has 0 aliphatic heterocycles. The van der Waals surface area contributed by atoms with E-state index in [1.807, 2.05) is 36.4 Å². The van der Waals surface area contributed by atoms with Crippen LogP contribution in [0.3, 0.4) is 0 Å². The maximum atomic E-state index is 10.8. The van der Waals surface area contributed by atoms with Gasteiger partial charge in [0, 0.05) is 17.7 Å². The topological polar surface area (TPSA) is 61.3 Å². The maximum absolute atomic E-state index is 10.8. The Bertz CT molecular complexity index is 1490. The molecule has 1 aromatic heterocycles. The summed E-state index contributed by atoms with van der Waals surface area (Å²) in [7, 11) is 0. The number of imidazole rings is 1. The van der Waals surface area contributed by atoms with Gasteiger partial charge in [-0.25, -0.2) is 9.13 Å². The summed E-state index contributed by atoms with van der Waals surface area (Å²) in [5.41, 5.74) is 2.53. The summed E-state index contributed by atoms with van der Waals surface area (Å²) in [4.78, 5) is 0. The molecule has 0 saturated heterocycles. The number of rotatable bonds is 10. The summed E-state index contributed by atoms with van der Waals surface area (Å²) in [5, 5.41) is 29.1. The number of nitrogens with zero attached hydrogens (tertiary/aromatic N) is 2. The molecule has 5 aromatic rings. The van der Waals surface area contributed by atoms with Gasteiger partial charge in [-0.1, -0.05) is 61.9 Å². The first-order valence-corrected chi connectivity index (χ1v) is 12.9. The first-order chi connectivity index (χ1) is 17.6. The van der Waals surface area contributed by atoms with Crippen LogP contribution < -0.4 is 9.88 Å². The predicted molar refractivity (Wildman–Crippen MR) is 146 cm³/mol. The molecule has 3 N–H and O–H groups in total. The molecule has 1 heterocycles. The van der Waals surface area contributed by atoms with E-state index in [2.05, 4.69) is 58.3 Å². The lowest BCUT2D eigenvalue weighted by molar-refractivity contribution is -0.696. The Kier molecular flexibility index (Phi) is 7.19. The number of aromatic nitrogens is 2. The van der Waals surface area contributed by atoms with Crippen LogP contribution in [-0.4, -0.2) is 21.3 Å². The Balaban J connectivity index is 1.29. The van der Waals surface area contributed by atoms with Crippen molar-refractivity contribution in [1.82, 2.24) is 9.88 Å². The number of hydrogen-bond donors (Lipinski definition) is 3. The third-order valence-electron chi connectivity index (χ3n) is 6.83. The molecular weight excluding hydrogens is 446 g/mol.